The number of hydrogen-bond donors (Lipinski definition) is 1. The summed E-state index contributed by atoms with van der Waals surface area (Å²) < 4.78 is 5.41. The fraction of sp³-hybridized carbons (Fsp3) is 0.476. The Kier molecular flexibility index (Phi) is 5.58. The normalized spacial score (nSPS) is 19.9. The number of nitrogens with one attached hydrogen (secondary N) is 1. The van der Waals surface area contributed by atoms with E-state index >= 15 is 0 Å². The summed E-state index contributed by atoms with van der Waals surface area (Å²) in [4.78, 5) is 13.6. The molecule has 2 fully saturated rings. The van der Waals surface area contributed by atoms with Gasteiger partial charge in [0.25, 0.3) is 0 Å². The molecule has 146 valence electrons. The van der Waals surface area contributed by atoms with Crippen molar-refractivity contribution in [1.82, 2.24) is 9.97 Å². The Labute approximate surface area is 166 Å². The van der Waals surface area contributed by atoms with Gasteiger partial charge in [0.1, 0.15) is 11.9 Å². The van der Waals surface area contributed by atoms with Crippen molar-refractivity contribution < 1.29 is 4.74 Å². The minimum absolute atomic E-state index is 0.285. The molecule has 2 aromatic rings. The Balaban J connectivity index is 1.46. The SMILES string of the molecule is Cc1ccc(C#N)c(N2CCCC(Nc3ccnc(N4CCOCC4)n3)C2)c1. The number of morpholine rings is 1. The maximum absolute atomic E-state index is 9.47. The molecule has 0 radical (unpaired) electrons. The van der Waals surface area contributed by atoms with Gasteiger partial charge in [0.15, 0.2) is 0 Å². The van der Waals surface area contributed by atoms with Crippen LogP contribution >= 0.6 is 0 Å². The molecule has 1 atom stereocenters. The second-order valence-corrected chi connectivity index (χ2v) is 7.40. The number of hydrogen-bond acceptors (Lipinski definition) is 7. The van der Waals surface area contributed by atoms with Crippen molar-refractivity contribution >= 4 is 17.5 Å². The number of nitrogens with zero attached hydrogens (tertiary/aromatic N) is 5. The van der Waals surface area contributed by atoms with Crippen molar-refractivity contribution in [2.45, 2.75) is 25.8 Å². The average Bonchev–Trinajstić information content (AvgIpc) is 2.75. The molecule has 2 saturated heterocycles. The highest BCUT2D eigenvalue weighted by atomic mass is 16.5. The van der Waals surface area contributed by atoms with Crippen LogP contribution in [0.5, 0.6) is 0 Å². The van der Waals surface area contributed by atoms with Crippen molar-refractivity contribution in [3.63, 3.8) is 0 Å². The molecule has 28 heavy (non-hydrogen) atoms. The van der Waals surface area contributed by atoms with Crippen molar-refractivity contribution in [1.29, 1.82) is 5.26 Å². The van der Waals surface area contributed by atoms with E-state index < -0.39 is 0 Å². The van der Waals surface area contributed by atoms with Crippen molar-refractivity contribution in [2.75, 3.05) is 54.5 Å². The summed E-state index contributed by atoms with van der Waals surface area (Å²) >= 11 is 0. The number of rotatable bonds is 4. The first kappa shape index (κ1) is 18.5. The summed E-state index contributed by atoms with van der Waals surface area (Å²) in [5, 5.41) is 13.1. The predicted molar refractivity (Wildman–Crippen MR) is 110 cm³/mol. The van der Waals surface area contributed by atoms with E-state index in [0.717, 1.165) is 75.3 Å². The van der Waals surface area contributed by atoms with E-state index in [9.17, 15) is 5.26 Å². The number of benzene rings is 1. The predicted octanol–water partition coefficient (Wildman–Crippen LogP) is 2.57. The number of anilines is 3. The molecule has 0 bridgehead atoms. The lowest BCUT2D eigenvalue weighted by Gasteiger charge is -2.35. The Hall–Kier alpha value is -2.85. The third-order valence-corrected chi connectivity index (χ3v) is 5.32. The molecule has 0 saturated carbocycles. The maximum Gasteiger partial charge on any atom is 0.227 e. The molecule has 2 aliphatic rings. The fourth-order valence-corrected chi connectivity index (χ4v) is 3.87. The van der Waals surface area contributed by atoms with Gasteiger partial charge in [-0.3, -0.25) is 0 Å². The fourth-order valence-electron chi connectivity index (χ4n) is 3.87. The molecule has 1 aromatic heterocycles. The Morgan fingerprint density at radius 1 is 1.18 bits per heavy atom. The van der Waals surface area contributed by atoms with Gasteiger partial charge in [-0.25, -0.2) is 4.98 Å². The van der Waals surface area contributed by atoms with Crippen LogP contribution in [0.25, 0.3) is 0 Å². The molecule has 7 heteroatoms. The molecule has 7 nitrogen and oxygen atoms in total. The summed E-state index contributed by atoms with van der Waals surface area (Å²) in [5.74, 6) is 1.61. The first-order valence-electron chi connectivity index (χ1n) is 9.91. The van der Waals surface area contributed by atoms with Crippen LogP contribution in [0.2, 0.25) is 0 Å². The molecular weight excluding hydrogens is 352 g/mol. The summed E-state index contributed by atoms with van der Waals surface area (Å²) in [6.07, 6.45) is 3.98. The zero-order valence-electron chi connectivity index (χ0n) is 16.3. The average molecular weight is 378 g/mol. The lowest BCUT2D eigenvalue weighted by molar-refractivity contribution is 0.122. The van der Waals surface area contributed by atoms with E-state index in [1.807, 2.05) is 24.4 Å². The molecular formula is C21H26N6O. The van der Waals surface area contributed by atoms with Crippen LogP contribution in [0.4, 0.5) is 17.5 Å². The monoisotopic (exact) mass is 378 g/mol. The lowest BCUT2D eigenvalue weighted by atomic mass is 10.0. The van der Waals surface area contributed by atoms with Gasteiger partial charge in [0.2, 0.25) is 5.95 Å². The molecule has 1 N–H and O–H groups in total. The smallest absolute Gasteiger partial charge is 0.227 e. The standard InChI is InChI=1S/C21H26N6O/c1-16-4-5-17(14-22)19(13-16)27-8-2-3-18(15-27)24-20-6-7-23-21(25-20)26-9-11-28-12-10-26/h4-7,13,18H,2-3,8-12,15H2,1H3,(H,23,24,25). The number of piperidine rings is 1. The number of aromatic nitrogens is 2. The minimum Gasteiger partial charge on any atom is -0.378 e. The Morgan fingerprint density at radius 2 is 2.04 bits per heavy atom. The van der Waals surface area contributed by atoms with E-state index in [0.29, 0.717) is 0 Å². The first-order chi connectivity index (χ1) is 13.7. The zero-order valence-corrected chi connectivity index (χ0v) is 16.3. The van der Waals surface area contributed by atoms with Crippen LogP contribution in [-0.4, -0.2) is 55.4 Å². The van der Waals surface area contributed by atoms with E-state index in [1.165, 1.54) is 5.56 Å². The highest BCUT2D eigenvalue weighted by Gasteiger charge is 2.23. The number of ether oxygens (including phenoxy) is 1. The molecule has 0 spiro atoms. The van der Waals surface area contributed by atoms with Gasteiger partial charge in [-0.15, -0.1) is 0 Å². The van der Waals surface area contributed by atoms with Crippen LogP contribution in [0.15, 0.2) is 30.5 Å². The molecule has 0 aliphatic carbocycles. The van der Waals surface area contributed by atoms with E-state index in [1.54, 1.807) is 0 Å². The van der Waals surface area contributed by atoms with Crippen LogP contribution in [0.1, 0.15) is 24.0 Å². The second kappa shape index (κ2) is 8.44. The van der Waals surface area contributed by atoms with Crippen LogP contribution in [-0.2, 0) is 4.74 Å². The highest BCUT2D eigenvalue weighted by Crippen LogP contribution is 2.26. The van der Waals surface area contributed by atoms with Gasteiger partial charge < -0.3 is 19.9 Å². The summed E-state index contributed by atoms with van der Waals surface area (Å²) in [5.41, 5.74) is 2.95. The van der Waals surface area contributed by atoms with Crippen molar-refractivity contribution in [3.05, 3.63) is 41.6 Å². The van der Waals surface area contributed by atoms with Gasteiger partial charge in [0, 0.05) is 38.4 Å². The van der Waals surface area contributed by atoms with Gasteiger partial charge in [-0.05, 0) is 43.5 Å². The second-order valence-electron chi connectivity index (χ2n) is 7.40. The molecule has 1 aromatic carbocycles. The topological polar surface area (TPSA) is 77.3 Å². The summed E-state index contributed by atoms with van der Waals surface area (Å²) in [6.45, 7) is 6.98. The number of aryl methyl sites for hydroxylation is 1. The molecule has 4 rings (SSSR count). The van der Waals surface area contributed by atoms with E-state index in [-0.39, 0.29) is 6.04 Å². The lowest BCUT2D eigenvalue weighted by Crippen LogP contribution is -2.42. The molecule has 3 heterocycles. The summed E-state index contributed by atoms with van der Waals surface area (Å²) in [6, 6.07) is 10.6. The Morgan fingerprint density at radius 3 is 2.86 bits per heavy atom. The van der Waals surface area contributed by atoms with E-state index in [4.69, 9.17) is 9.72 Å². The van der Waals surface area contributed by atoms with Crippen molar-refractivity contribution in [2.24, 2.45) is 0 Å². The van der Waals surface area contributed by atoms with Crippen LogP contribution in [0.3, 0.4) is 0 Å². The van der Waals surface area contributed by atoms with Gasteiger partial charge >= 0.3 is 0 Å². The summed E-state index contributed by atoms with van der Waals surface area (Å²) in [7, 11) is 0. The zero-order chi connectivity index (χ0) is 19.3. The third kappa shape index (κ3) is 4.18. The third-order valence-electron chi connectivity index (χ3n) is 5.32. The van der Waals surface area contributed by atoms with Crippen molar-refractivity contribution in [3.8, 4) is 6.07 Å². The maximum atomic E-state index is 9.47. The molecule has 2 aliphatic heterocycles. The Bertz CT molecular complexity index is 858. The molecule has 1 unspecified atom stereocenters. The quantitative estimate of drug-likeness (QED) is 0.876. The first-order valence-corrected chi connectivity index (χ1v) is 9.91. The van der Waals surface area contributed by atoms with Gasteiger partial charge in [-0.2, -0.15) is 10.2 Å². The van der Waals surface area contributed by atoms with Gasteiger partial charge in [-0.1, -0.05) is 6.07 Å². The largest absolute Gasteiger partial charge is 0.378 e. The minimum atomic E-state index is 0.285. The van der Waals surface area contributed by atoms with Gasteiger partial charge in [0.05, 0.1) is 24.5 Å². The number of nitriles is 1. The highest BCUT2D eigenvalue weighted by molar-refractivity contribution is 5.61. The van der Waals surface area contributed by atoms with Crippen LogP contribution < -0.4 is 15.1 Å². The van der Waals surface area contributed by atoms with E-state index in [2.05, 4.69) is 39.2 Å². The molecule has 0 amide bonds. The van der Waals surface area contributed by atoms with Crippen LogP contribution in [0, 0.1) is 18.3 Å².